The zero-order chi connectivity index (χ0) is 15.3. The van der Waals surface area contributed by atoms with E-state index in [1.807, 2.05) is 0 Å². The Morgan fingerprint density at radius 3 is 1.80 bits per heavy atom. The molecule has 0 rings (SSSR count). The molecule has 0 spiro atoms. The van der Waals surface area contributed by atoms with E-state index in [1.165, 1.54) is 64.2 Å². The van der Waals surface area contributed by atoms with Crippen molar-refractivity contribution in [3.63, 3.8) is 0 Å². The number of hydrogen-bond donors (Lipinski definition) is 1. The number of methoxy groups -OCH3 is 1. The first kappa shape index (κ1) is 19.9. The number of hydrogen-bond acceptors (Lipinski definition) is 2. The van der Waals surface area contributed by atoms with Gasteiger partial charge in [-0.3, -0.25) is 0 Å². The third-order valence-electron chi connectivity index (χ3n) is 4.18. The molecule has 2 nitrogen and oxygen atoms in total. The van der Waals surface area contributed by atoms with Gasteiger partial charge in [0.15, 0.2) is 0 Å². The molecule has 0 unspecified atom stereocenters. The Hall–Kier alpha value is -0.0800. The molecule has 0 aliphatic rings. The fourth-order valence-corrected chi connectivity index (χ4v) is 3.04. The van der Waals surface area contributed by atoms with Crippen LogP contribution in [0.25, 0.3) is 0 Å². The van der Waals surface area contributed by atoms with Crippen molar-refractivity contribution in [2.24, 2.45) is 0 Å². The van der Waals surface area contributed by atoms with Gasteiger partial charge in [0, 0.05) is 18.7 Å². The van der Waals surface area contributed by atoms with Gasteiger partial charge < -0.3 is 10.1 Å². The maximum atomic E-state index is 5.27. The zero-order valence-corrected chi connectivity index (χ0v) is 14.8. The smallest absolute Gasteiger partial charge is 0.0613 e. The molecule has 0 aromatic heterocycles. The lowest BCUT2D eigenvalue weighted by molar-refractivity contribution is 0.146. The Morgan fingerprint density at radius 1 is 0.900 bits per heavy atom. The molecule has 122 valence electrons. The van der Waals surface area contributed by atoms with Gasteiger partial charge in [-0.15, -0.1) is 0 Å². The van der Waals surface area contributed by atoms with Crippen LogP contribution in [-0.4, -0.2) is 25.3 Å². The van der Waals surface area contributed by atoms with Gasteiger partial charge in [0.05, 0.1) is 6.61 Å². The van der Waals surface area contributed by atoms with Gasteiger partial charge in [0.2, 0.25) is 0 Å². The van der Waals surface area contributed by atoms with Crippen molar-refractivity contribution in [2.45, 2.75) is 103 Å². The summed E-state index contributed by atoms with van der Waals surface area (Å²) >= 11 is 0. The normalized spacial score (nSPS) is 13.7. The predicted molar refractivity (Wildman–Crippen MR) is 90.4 cm³/mol. The molecule has 0 aliphatic carbocycles. The van der Waals surface area contributed by atoms with Crippen molar-refractivity contribution in [1.29, 1.82) is 0 Å². The van der Waals surface area contributed by atoms with E-state index in [2.05, 4.69) is 33.0 Å². The summed E-state index contributed by atoms with van der Waals surface area (Å²) in [6.45, 7) is 10.0. The molecule has 0 aromatic carbocycles. The molecular weight excluding hydrogens is 246 g/mol. The van der Waals surface area contributed by atoms with Crippen LogP contribution in [-0.2, 0) is 4.74 Å². The molecule has 1 N–H and O–H groups in total. The van der Waals surface area contributed by atoms with E-state index in [9.17, 15) is 0 Å². The van der Waals surface area contributed by atoms with Crippen molar-refractivity contribution in [3.8, 4) is 0 Å². The fourth-order valence-electron chi connectivity index (χ4n) is 3.04. The molecular formula is C18H39NO. The third kappa shape index (κ3) is 10.7. The van der Waals surface area contributed by atoms with E-state index >= 15 is 0 Å². The minimum absolute atomic E-state index is 0.291. The molecule has 0 aromatic rings. The average Bonchev–Trinajstić information content (AvgIpc) is 2.40. The van der Waals surface area contributed by atoms with Crippen LogP contribution in [0, 0.1) is 0 Å². The van der Waals surface area contributed by atoms with Gasteiger partial charge in [-0.2, -0.15) is 0 Å². The summed E-state index contributed by atoms with van der Waals surface area (Å²) < 4.78 is 5.27. The number of unbranched alkanes of at least 4 members (excludes halogenated alkanes) is 6. The molecule has 0 saturated carbocycles. The van der Waals surface area contributed by atoms with Crippen molar-refractivity contribution < 1.29 is 4.74 Å². The summed E-state index contributed by atoms with van der Waals surface area (Å²) in [4.78, 5) is 0. The summed E-state index contributed by atoms with van der Waals surface area (Å²) in [6, 6.07) is 0.447. The van der Waals surface area contributed by atoms with Crippen molar-refractivity contribution >= 4 is 0 Å². The summed E-state index contributed by atoms with van der Waals surface area (Å²) in [5.41, 5.74) is 0.291. The zero-order valence-electron chi connectivity index (χ0n) is 14.8. The third-order valence-corrected chi connectivity index (χ3v) is 4.18. The first-order valence-electron chi connectivity index (χ1n) is 8.84. The van der Waals surface area contributed by atoms with Gasteiger partial charge >= 0.3 is 0 Å². The summed E-state index contributed by atoms with van der Waals surface area (Å²) in [6.07, 6.45) is 13.4. The van der Waals surface area contributed by atoms with E-state index < -0.39 is 0 Å². The molecule has 0 bridgehead atoms. The van der Waals surface area contributed by atoms with Gasteiger partial charge in [-0.25, -0.2) is 0 Å². The Bertz CT molecular complexity index is 194. The van der Waals surface area contributed by atoms with Crippen LogP contribution >= 0.6 is 0 Å². The summed E-state index contributed by atoms with van der Waals surface area (Å²) in [5.74, 6) is 0. The largest absolute Gasteiger partial charge is 0.383 e. The molecule has 1 atom stereocenters. The maximum absolute atomic E-state index is 5.27. The maximum Gasteiger partial charge on any atom is 0.0613 e. The van der Waals surface area contributed by atoms with Gasteiger partial charge in [-0.1, -0.05) is 65.2 Å². The van der Waals surface area contributed by atoms with Gasteiger partial charge in [-0.05, 0) is 26.7 Å². The summed E-state index contributed by atoms with van der Waals surface area (Å²) in [5, 5.41) is 3.82. The Morgan fingerprint density at radius 2 is 1.40 bits per heavy atom. The first-order chi connectivity index (χ1) is 9.58. The number of rotatable bonds is 14. The minimum Gasteiger partial charge on any atom is -0.383 e. The van der Waals surface area contributed by atoms with Gasteiger partial charge in [0.1, 0.15) is 0 Å². The molecule has 0 heterocycles. The van der Waals surface area contributed by atoms with E-state index in [-0.39, 0.29) is 0 Å². The highest BCUT2D eigenvalue weighted by molar-refractivity contribution is 4.85. The molecule has 2 heteroatoms. The van der Waals surface area contributed by atoms with Crippen LogP contribution in [0.5, 0.6) is 0 Å². The van der Waals surface area contributed by atoms with E-state index in [0.29, 0.717) is 11.6 Å². The second-order valence-electron chi connectivity index (χ2n) is 6.68. The SMILES string of the molecule is CCCCCCC(C)(CCCCCC)N[C@@H](C)COC. The van der Waals surface area contributed by atoms with Crippen LogP contribution in [0.15, 0.2) is 0 Å². The van der Waals surface area contributed by atoms with Crippen LogP contribution < -0.4 is 5.32 Å². The van der Waals surface area contributed by atoms with Crippen LogP contribution in [0.2, 0.25) is 0 Å². The minimum atomic E-state index is 0.291. The van der Waals surface area contributed by atoms with E-state index in [1.54, 1.807) is 7.11 Å². The van der Waals surface area contributed by atoms with Crippen molar-refractivity contribution in [1.82, 2.24) is 5.32 Å². The Balaban J connectivity index is 4.18. The second-order valence-corrected chi connectivity index (χ2v) is 6.68. The highest BCUT2D eigenvalue weighted by Crippen LogP contribution is 2.23. The average molecular weight is 286 g/mol. The fraction of sp³-hybridized carbons (Fsp3) is 1.00. The highest BCUT2D eigenvalue weighted by Gasteiger charge is 2.24. The lowest BCUT2D eigenvalue weighted by Gasteiger charge is -2.34. The molecule has 0 fully saturated rings. The number of ether oxygens (including phenoxy) is 1. The van der Waals surface area contributed by atoms with E-state index in [4.69, 9.17) is 4.74 Å². The predicted octanol–water partition coefficient (Wildman–Crippen LogP) is 5.31. The molecule has 0 aliphatic heterocycles. The Labute approximate surface area is 128 Å². The molecule has 20 heavy (non-hydrogen) atoms. The molecule has 0 saturated heterocycles. The lowest BCUT2D eigenvalue weighted by atomic mass is 9.87. The lowest BCUT2D eigenvalue weighted by Crippen LogP contribution is -2.48. The van der Waals surface area contributed by atoms with Crippen molar-refractivity contribution in [3.05, 3.63) is 0 Å². The molecule has 0 radical (unpaired) electrons. The Kier molecular flexibility index (Phi) is 12.6. The molecule has 0 amide bonds. The van der Waals surface area contributed by atoms with Crippen LogP contribution in [0.1, 0.15) is 91.9 Å². The second kappa shape index (κ2) is 12.6. The topological polar surface area (TPSA) is 21.3 Å². The first-order valence-corrected chi connectivity index (χ1v) is 8.84. The number of nitrogens with one attached hydrogen (secondary N) is 1. The van der Waals surface area contributed by atoms with Crippen molar-refractivity contribution in [2.75, 3.05) is 13.7 Å². The van der Waals surface area contributed by atoms with Crippen LogP contribution in [0.4, 0.5) is 0 Å². The summed E-state index contributed by atoms with van der Waals surface area (Å²) in [7, 11) is 1.79. The van der Waals surface area contributed by atoms with Crippen LogP contribution in [0.3, 0.4) is 0 Å². The van der Waals surface area contributed by atoms with E-state index in [0.717, 1.165) is 6.61 Å². The monoisotopic (exact) mass is 285 g/mol. The highest BCUT2D eigenvalue weighted by atomic mass is 16.5. The quantitative estimate of drug-likeness (QED) is 0.437. The standard InChI is InChI=1S/C18H39NO/c1-6-8-10-12-14-18(4,15-13-11-9-7-2)19-17(3)16-20-5/h17,19H,6-16H2,1-5H3/t17-/m0/s1. The van der Waals surface area contributed by atoms with Gasteiger partial charge in [0.25, 0.3) is 0 Å².